The Morgan fingerprint density at radius 1 is 1.13 bits per heavy atom. The van der Waals surface area contributed by atoms with E-state index in [2.05, 4.69) is 22.4 Å². The molecule has 0 aliphatic heterocycles. The highest BCUT2D eigenvalue weighted by molar-refractivity contribution is 7.20. The summed E-state index contributed by atoms with van der Waals surface area (Å²) in [6.45, 7) is 8.09. The number of thiophene rings is 1. The summed E-state index contributed by atoms with van der Waals surface area (Å²) in [5.41, 5.74) is 3.39. The lowest BCUT2D eigenvalue weighted by Gasteiger charge is -2.26. The summed E-state index contributed by atoms with van der Waals surface area (Å²) in [6.07, 6.45) is 5.85. The molecule has 0 aromatic carbocycles. The van der Waals surface area contributed by atoms with Gasteiger partial charge in [0.05, 0.1) is 10.6 Å². The molecule has 124 valence electrons. The number of carbonyl (C=O) groups is 1. The molecule has 2 aliphatic rings. The number of hydrogen-bond donors (Lipinski definition) is 1. The lowest BCUT2D eigenvalue weighted by Crippen LogP contribution is -2.39. The molecule has 0 unspecified atom stereocenters. The highest BCUT2D eigenvalue weighted by atomic mass is 32.1. The van der Waals surface area contributed by atoms with Crippen molar-refractivity contribution in [1.29, 1.82) is 0 Å². The van der Waals surface area contributed by atoms with Crippen LogP contribution in [0.5, 0.6) is 0 Å². The van der Waals surface area contributed by atoms with E-state index in [-0.39, 0.29) is 5.91 Å². The fraction of sp³-hybridized carbons (Fsp3) is 0.611. The van der Waals surface area contributed by atoms with Gasteiger partial charge in [0.2, 0.25) is 0 Å². The molecule has 4 rings (SSSR count). The maximum absolute atomic E-state index is 12.6. The number of aromatic nitrogens is 2. The quantitative estimate of drug-likeness (QED) is 0.901. The Kier molecular flexibility index (Phi) is 4.67. The average molecular weight is 331 g/mol. The first-order valence-corrected chi connectivity index (χ1v) is 9.54. The second kappa shape index (κ2) is 6.56. The van der Waals surface area contributed by atoms with Crippen molar-refractivity contribution in [3.63, 3.8) is 0 Å². The van der Waals surface area contributed by atoms with Gasteiger partial charge in [0.25, 0.3) is 5.91 Å². The molecule has 5 heteroatoms. The van der Waals surface area contributed by atoms with Gasteiger partial charge in [0, 0.05) is 11.4 Å². The van der Waals surface area contributed by atoms with E-state index in [1.807, 2.05) is 20.8 Å². The SMILES string of the molecule is CC.Cc1nnc2sc(C(=O)NC3CCC3)c(C3CC3)c2c1C. The Morgan fingerprint density at radius 3 is 2.39 bits per heavy atom. The molecule has 0 atom stereocenters. The van der Waals surface area contributed by atoms with Gasteiger partial charge in [-0.15, -0.1) is 16.4 Å². The van der Waals surface area contributed by atoms with Gasteiger partial charge in [-0.3, -0.25) is 4.79 Å². The predicted molar refractivity (Wildman–Crippen MR) is 95.3 cm³/mol. The van der Waals surface area contributed by atoms with Gasteiger partial charge < -0.3 is 5.32 Å². The number of hydrogen-bond acceptors (Lipinski definition) is 4. The molecule has 0 spiro atoms. The second-order valence-electron chi connectivity index (χ2n) is 6.31. The van der Waals surface area contributed by atoms with Crippen LogP contribution in [0.1, 0.15) is 78.4 Å². The van der Waals surface area contributed by atoms with E-state index in [4.69, 9.17) is 0 Å². The van der Waals surface area contributed by atoms with Gasteiger partial charge in [-0.2, -0.15) is 5.10 Å². The number of fused-ring (bicyclic) bond motifs is 1. The molecule has 4 nitrogen and oxygen atoms in total. The predicted octanol–water partition coefficient (Wildman–Crippen LogP) is 4.49. The number of aryl methyl sites for hydroxylation is 2. The van der Waals surface area contributed by atoms with Crippen LogP contribution >= 0.6 is 11.3 Å². The second-order valence-corrected chi connectivity index (χ2v) is 7.31. The van der Waals surface area contributed by atoms with Crippen molar-refractivity contribution in [2.75, 3.05) is 0 Å². The highest BCUT2D eigenvalue weighted by Crippen LogP contribution is 2.48. The van der Waals surface area contributed by atoms with Crippen LogP contribution in [0.3, 0.4) is 0 Å². The maximum atomic E-state index is 12.6. The topological polar surface area (TPSA) is 54.9 Å². The van der Waals surface area contributed by atoms with Crippen LogP contribution in [0.4, 0.5) is 0 Å². The Labute approximate surface area is 141 Å². The molecule has 1 N–H and O–H groups in total. The first kappa shape index (κ1) is 16.4. The van der Waals surface area contributed by atoms with Gasteiger partial charge in [0.15, 0.2) is 0 Å². The molecule has 2 aromatic heterocycles. The molecule has 2 heterocycles. The maximum Gasteiger partial charge on any atom is 0.261 e. The van der Waals surface area contributed by atoms with Gasteiger partial charge in [-0.05, 0) is 63.0 Å². The monoisotopic (exact) mass is 331 g/mol. The normalized spacial score (nSPS) is 17.4. The summed E-state index contributed by atoms with van der Waals surface area (Å²) in [5.74, 6) is 0.643. The number of rotatable bonds is 3. The van der Waals surface area contributed by atoms with Crippen molar-refractivity contribution in [1.82, 2.24) is 15.5 Å². The Bertz CT molecular complexity index is 729. The van der Waals surface area contributed by atoms with Crippen LogP contribution in [0.15, 0.2) is 0 Å². The lowest BCUT2D eigenvalue weighted by atomic mass is 9.93. The molecule has 2 fully saturated rings. The first-order valence-electron chi connectivity index (χ1n) is 8.72. The zero-order valence-electron chi connectivity index (χ0n) is 14.4. The third-order valence-electron chi connectivity index (χ3n) is 4.77. The minimum Gasteiger partial charge on any atom is -0.349 e. The van der Waals surface area contributed by atoms with E-state index in [1.54, 1.807) is 0 Å². The average Bonchev–Trinajstić information content (AvgIpc) is 3.28. The van der Waals surface area contributed by atoms with Gasteiger partial charge in [-0.1, -0.05) is 13.8 Å². The number of carbonyl (C=O) groups excluding carboxylic acids is 1. The van der Waals surface area contributed by atoms with E-state index in [0.29, 0.717) is 12.0 Å². The Hall–Kier alpha value is -1.49. The molecule has 0 bridgehead atoms. The van der Waals surface area contributed by atoms with Crippen molar-refractivity contribution in [2.24, 2.45) is 0 Å². The third-order valence-corrected chi connectivity index (χ3v) is 5.86. The van der Waals surface area contributed by atoms with Crippen LogP contribution in [-0.2, 0) is 0 Å². The number of nitrogens with zero attached hydrogens (tertiary/aromatic N) is 2. The minimum absolute atomic E-state index is 0.0988. The molecule has 23 heavy (non-hydrogen) atoms. The van der Waals surface area contributed by atoms with Gasteiger partial charge >= 0.3 is 0 Å². The Balaban J connectivity index is 0.000000753. The van der Waals surface area contributed by atoms with E-state index in [1.165, 1.54) is 47.1 Å². The summed E-state index contributed by atoms with van der Waals surface area (Å²) in [5, 5.41) is 12.9. The van der Waals surface area contributed by atoms with Crippen molar-refractivity contribution < 1.29 is 4.79 Å². The molecule has 1 amide bonds. The molecule has 0 saturated heterocycles. The van der Waals surface area contributed by atoms with Crippen molar-refractivity contribution in [3.8, 4) is 0 Å². The highest BCUT2D eigenvalue weighted by Gasteiger charge is 2.34. The van der Waals surface area contributed by atoms with E-state index >= 15 is 0 Å². The number of nitrogens with one attached hydrogen (secondary N) is 1. The standard InChI is InChI=1S/C16H19N3OS.C2H6/c1-8-9(2)18-19-16-12(8)13(10-6-7-10)14(21-16)15(20)17-11-4-3-5-11;1-2/h10-11H,3-7H2,1-2H3,(H,17,20);1-2H3. The van der Waals surface area contributed by atoms with Crippen LogP contribution in [0.25, 0.3) is 10.2 Å². The van der Waals surface area contributed by atoms with Gasteiger partial charge in [0.1, 0.15) is 4.83 Å². The zero-order chi connectivity index (χ0) is 16.6. The smallest absolute Gasteiger partial charge is 0.261 e. The molecule has 0 radical (unpaired) electrons. The molecule has 2 aliphatic carbocycles. The van der Waals surface area contributed by atoms with Crippen molar-refractivity contribution in [3.05, 3.63) is 21.7 Å². The third kappa shape index (κ3) is 2.99. The van der Waals surface area contributed by atoms with E-state index < -0.39 is 0 Å². The molecule has 2 aromatic rings. The first-order chi connectivity index (χ1) is 11.1. The molecular formula is C18H25N3OS. The molecular weight excluding hydrogens is 306 g/mol. The summed E-state index contributed by atoms with van der Waals surface area (Å²) in [4.78, 5) is 14.4. The summed E-state index contributed by atoms with van der Waals surface area (Å²) < 4.78 is 0. The molecule has 2 saturated carbocycles. The van der Waals surface area contributed by atoms with Crippen LogP contribution in [-0.4, -0.2) is 22.1 Å². The largest absolute Gasteiger partial charge is 0.349 e. The summed E-state index contributed by atoms with van der Waals surface area (Å²) >= 11 is 1.51. The van der Waals surface area contributed by atoms with Crippen molar-refractivity contribution >= 4 is 27.5 Å². The van der Waals surface area contributed by atoms with E-state index in [9.17, 15) is 4.79 Å². The van der Waals surface area contributed by atoms with Crippen LogP contribution in [0, 0.1) is 13.8 Å². The van der Waals surface area contributed by atoms with Crippen molar-refractivity contribution in [2.45, 2.75) is 71.8 Å². The van der Waals surface area contributed by atoms with Gasteiger partial charge in [-0.25, -0.2) is 0 Å². The zero-order valence-corrected chi connectivity index (χ0v) is 15.2. The lowest BCUT2D eigenvalue weighted by molar-refractivity contribution is 0.0920. The fourth-order valence-electron chi connectivity index (χ4n) is 2.97. The minimum atomic E-state index is 0.0988. The Morgan fingerprint density at radius 2 is 1.83 bits per heavy atom. The van der Waals surface area contributed by atoms with Crippen LogP contribution in [0.2, 0.25) is 0 Å². The summed E-state index contributed by atoms with van der Waals surface area (Å²) in [7, 11) is 0. The fourth-order valence-corrected chi connectivity index (χ4v) is 4.14. The van der Waals surface area contributed by atoms with E-state index in [0.717, 1.165) is 28.2 Å². The van der Waals surface area contributed by atoms with Crippen LogP contribution < -0.4 is 5.32 Å². The number of amides is 1. The summed E-state index contributed by atoms with van der Waals surface area (Å²) in [6, 6.07) is 0.378.